The standard InChI is InChI=1S/C59H96O26/c1-23(2)26-11-16-59(54(75)85-52-45(73)41(69)38(66)30(81-52)21-77-49-46(74)42(70)47(29(19-60)80-49)83-50-43(71)39(67)35(63)24(3)78-50)18-17-57(7)27(34(26)59)9-10-32-55(5)14-13-33(56(6,22-61)31(55)12-15-58(32,57)8)82-53-48(37(65)28(62)20-76-53)84-51-44(72)40(68)36(64)25(4)79-51/h24-53,60-74H,1,9-22H2,2-8H3/t24-,25-,26-,27+,28-,29+,30+,31+,32+,33?,34+,35-,36-,37-,38+,39+,40+,41-,42+,43+,44+,45+,46+,47+,48+,49+,50-,51-,52-,53-,55-,56-,57-,58+,59-/m0/s1. The molecule has 5 saturated heterocycles. The molecule has 5 saturated carbocycles. The lowest BCUT2D eigenvalue weighted by atomic mass is 9.32. The van der Waals surface area contributed by atoms with E-state index in [0.717, 1.165) is 31.3 Å². The lowest BCUT2D eigenvalue weighted by Gasteiger charge is -2.73. The highest BCUT2D eigenvalue weighted by molar-refractivity contribution is 5.78. The molecule has 10 fully saturated rings. The minimum Gasteiger partial charge on any atom is -0.432 e. The average molecular weight is 1220 g/mol. The first-order valence-electron chi connectivity index (χ1n) is 30.7. The highest BCUT2D eigenvalue weighted by Crippen LogP contribution is 2.78. The van der Waals surface area contributed by atoms with Crippen molar-refractivity contribution < 1.29 is 129 Å². The number of esters is 1. The Morgan fingerprint density at radius 1 is 0.541 bits per heavy atom. The summed E-state index contributed by atoms with van der Waals surface area (Å²) in [7, 11) is 0. The Morgan fingerprint density at radius 3 is 1.74 bits per heavy atom. The van der Waals surface area contributed by atoms with E-state index in [1.165, 1.54) is 13.8 Å². The number of rotatable bonds is 14. The normalized spacial score (nSPS) is 56.3. The fraction of sp³-hybridized carbons (Fsp3) is 0.949. The molecule has 488 valence electrons. The van der Waals surface area contributed by atoms with Crippen molar-refractivity contribution in [3.8, 4) is 0 Å². The first kappa shape index (κ1) is 66.2. The van der Waals surface area contributed by atoms with Crippen molar-refractivity contribution in [2.24, 2.45) is 56.7 Å². The molecular formula is C59H96O26. The second kappa shape index (κ2) is 24.7. The van der Waals surface area contributed by atoms with Gasteiger partial charge in [0.2, 0.25) is 6.29 Å². The van der Waals surface area contributed by atoms with E-state index in [1.54, 1.807) is 0 Å². The van der Waals surface area contributed by atoms with Crippen LogP contribution in [0.3, 0.4) is 0 Å². The largest absolute Gasteiger partial charge is 0.432 e. The fourth-order valence-electron chi connectivity index (χ4n) is 18.4. The van der Waals surface area contributed by atoms with Gasteiger partial charge in [-0.15, -0.1) is 0 Å². The third-order valence-corrected chi connectivity index (χ3v) is 23.6. The van der Waals surface area contributed by atoms with Crippen LogP contribution in [0.5, 0.6) is 0 Å². The summed E-state index contributed by atoms with van der Waals surface area (Å²) in [6.45, 7) is 16.5. The van der Waals surface area contributed by atoms with Crippen LogP contribution in [0.15, 0.2) is 12.2 Å². The first-order valence-corrected chi connectivity index (χ1v) is 30.7. The van der Waals surface area contributed by atoms with E-state index in [0.29, 0.717) is 38.5 Å². The lowest BCUT2D eigenvalue weighted by Crippen LogP contribution is -2.68. The summed E-state index contributed by atoms with van der Waals surface area (Å²) < 4.78 is 59.5. The number of aliphatic hydroxyl groups excluding tert-OH is 15. The molecule has 0 bridgehead atoms. The van der Waals surface area contributed by atoms with Gasteiger partial charge in [0.25, 0.3) is 0 Å². The van der Waals surface area contributed by atoms with Gasteiger partial charge in [-0.05, 0) is 131 Å². The molecule has 0 aromatic heterocycles. The van der Waals surface area contributed by atoms with Gasteiger partial charge < -0.3 is 124 Å². The summed E-state index contributed by atoms with van der Waals surface area (Å²) in [5, 5.41) is 163. The van der Waals surface area contributed by atoms with E-state index >= 15 is 4.79 Å². The summed E-state index contributed by atoms with van der Waals surface area (Å²) in [6.07, 6.45) is -31.6. The third kappa shape index (κ3) is 10.9. The van der Waals surface area contributed by atoms with Crippen LogP contribution in [0.2, 0.25) is 0 Å². The molecule has 10 aliphatic rings. The number of allylic oxidation sites excluding steroid dienone is 1. The van der Waals surface area contributed by atoms with Crippen LogP contribution in [-0.4, -0.2) is 263 Å². The molecule has 0 radical (unpaired) electrons. The molecule has 5 heterocycles. The van der Waals surface area contributed by atoms with Crippen molar-refractivity contribution in [3.63, 3.8) is 0 Å². The van der Waals surface area contributed by atoms with Crippen LogP contribution >= 0.6 is 0 Å². The molecular weight excluding hydrogens is 1120 g/mol. The maximum Gasteiger partial charge on any atom is 0.314 e. The van der Waals surface area contributed by atoms with Gasteiger partial charge in [0.05, 0.1) is 50.2 Å². The summed E-state index contributed by atoms with van der Waals surface area (Å²) >= 11 is 0. The lowest BCUT2D eigenvalue weighted by molar-refractivity contribution is -0.366. The Kier molecular flexibility index (Phi) is 19.2. The number of aliphatic hydroxyl groups is 15. The van der Waals surface area contributed by atoms with Crippen LogP contribution in [0.4, 0.5) is 0 Å². The van der Waals surface area contributed by atoms with Gasteiger partial charge in [-0.3, -0.25) is 4.79 Å². The fourth-order valence-corrected chi connectivity index (χ4v) is 18.4. The Morgan fingerprint density at radius 2 is 1.13 bits per heavy atom. The number of fused-ring (bicyclic) bond motifs is 7. The Balaban J connectivity index is 0.820. The SMILES string of the molecule is C=C(C)[C@@H]1CC[C@]2(C(=O)O[C@@H]3O[C@H](CO[C@@H]4O[C@H](CO)[C@@H](O[C@@H]5O[C@@H](C)[C@H](O)[C@@H](O)[C@H]5O)[C@H](O)[C@H]4O)[C@@H](O)[C@H](O)[C@H]3O)CC[C@@]3(C)[C@H](CC[C@@H]4[C@@]5(C)CCC(O[C@@H]6OC[C@H](O)[C@H](O)[C@H]6O[C@@H]6O[C@@H](C)[C@H](O)[C@@H](O)[C@H]6O)[C@@](C)(CO)[C@@H]5CC[C@]43C)[C@@H]12. The molecule has 10 rings (SSSR count). The zero-order chi connectivity index (χ0) is 61.9. The van der Waals surface area contributed by atoms with Gasteiger partial charge in [0, 0.05) is 5.41 Å². The highest BCUT2D eigenvalue weighted by atomic mass is 16.8. The molecule has 85 heavy (non-hydrogen) atoms. The molecule has 35 atom stereocenters. The molecule has 5 aliphatic heterocycles. The summed E-state index contributed by atoms with van der Waals surface area (Å²) in [5.41, 5.74) is -1.80. The molecule has 0 spiro atoms. The van der Waals surface area contributed by atoms with E-state index in [-0.39, 0.29) is 59.0 Å². The topological polar surface area (TPSA) is 413 Å². The molecule has 15 N–H and O–H groups in total. The number of ether oxygens (including phenoxy) is 10. The van der Waals surface area contributed by atoms with Crippen LogP contribution in [0.25, 0.3) is 0 Å². The first-order chi connectivity index (χ1) is 39.9. The van der Waals surface area contributed by atoms with Gasteiger partial charge in [-0.2, -0.15) is 0 Å². The smallest absolute Gasteiger partial charge is 0.314 e. The maximum atomic E-state index is 15.2. The van der Waals surface area contributed by atoms with E-state index < -0.39 is 184 Å². The van der Waals surface area contributed by atoms with Crippen molar-refractivity contribution in [2.45, 2.75) is 266 Å². The monoisotopic (exact) mass is 1220 g/mol. The third-order valence-electron chi connectivity index (χ3n) is 23.6. The van der Waals surface area contributed by atoms with Crippen molar-refractivity contribution in [2.75, 3.05) is 26.4 Å². The number of hydrogen-bond acceptors (Lipinski definition) is 26. The quantitative estimate of drug-likeness (QED) is 0.0478. The number of carbonyl (C=O) groups is 1. The van der Waals surface area contributed by atoms with Crippen molar-refractivity contribution in [3.05, 3.63) is 12.2 Å². The van der Waals surface area contributed by atoms with Crippen LogP contribution < -0.4 is 0 Å². The van der Waals surface area contributed by atoms with Crippen LogP contribution in [0.1, 0.15) is 113 Å². The predicted molar refractivity (Wildman–Crippen MR) is 288 cm³/mol. The van der Waals surface area contributed by atoms with Gasteiger partial charge in [-0.25, -0.2) is 0 Å². The van der Waals surface area contributed by atoms with Crippen LogP contribution in [0, 0.1) is 56.7 Å². The molecule has 0 aromatic rings. The van der Waals surface area contributed by atoms with E-state index in [1.807, 2.05) is 13.8 Å². The number of hydrogen-bond donors (Lipinski definition) is 15. The van der Waals surface area contributed by atoms with Gasteiger partial charge in [0.1, 0.15) is 104 Å². The van der Waals surface area contributed by atoms with E-state index in [4.69, 9.17) is 47.4 Å². The number of carbonyl (C=O) groups excluding carboxylic acids is 1. The minimum absolute atomic E-state index is 0.0172. The predicted octanol–water partition coefficient (Wildman–Crippen LogP) is -2.69. The zero-order valence-corrected chi connectivity index (χ0v) is 49.6. The second-order valence-corrected chi connectivity index (χ2v) is 28.0. The zero-order valence-electron chi connectivity index (χ0n) is 49.6. The van der Waals surface area contributed by atoms with Gasteiger partial charge in [-0.1, -0.05) is 39.8 Å². The van der Waals surface area contributed by atoms with Crippen molar-refractivity contribution in [1.82, 2.24) is 0 Å². The van der Waals surface area contributed by atoms with E-state index in [2.05, 4.69) is 27.4 Å². The van der Waals surface area contributed by atoms with Crippen molar-refractivity contribution in [1.29, 1.82) is 0 Å². The molecule has 26 nitrogen and oxygen atoms in total. The molecule has 5 aliphatic carbocycles. The van der Waals surface area contributed by atoms with E-state index in [9.17, 15) is 76.6 Å². The van der Waals surface area contributed by atoms with Crippen LogP contribution in [-0.2, 0) is 52.2 Å². The molecule has 0 aromatic carbocycles. The highest BCUT2D eigenvalue weighted by Gasteiger charge is 2.73. The molecule has 26 heteroatoms. The Labute approximate surface area is 494 Å². The molecule has 0 amide bonds. The minimum atomic E-state index is -1.90. The van der Waals surface area contributed by atoms with Gasteiger partial charge >= 0.3 is 5.97 Å². The second-order valence-electron chi connectivity index (χ2n) is 28.0. The summed E-state index contributed by atoms with van der Waals surface area (Å²) in [5.74, 6) is -0.760. The van der Waals surface area contributed by atoms with Gasteiger partial charge in [0.15, 0.2) is 25.2 Å². The Hall–Kier alpha value is -1.75. The Bertz CT molecular complexity index is 2340. The molecule has 1 unspecified atom stereocenters. The summed E-state index contributed by atoms with van der Waals surface area (Å²) in [4.78, 5) is 15.2. The summed E-state index contributed by atoms with van der Waals surface area (Å²) in [6, 6.07) is 0. The maximum absolute atomic E-state index is 15.2. The van der Waals surface area contributed by atoms with Crippen molar-refractivity contribution >= 4 is 5.97 Å². The average Bonchev–Trinajstić information content (AvgIpc) is 1.62.